The van der Waals surface area contributed by atoms with Crippen LogP contribution in [0.2, 0.25) is 0 Å². The molecule has 0 aliphatic heterocycles. The van der Waals surface area contributed by atoms with Gasteiger partial charge in [0, 0.05) is 10.4 Å². The Morgan fingerprint density at radius 3 is 2.76 bits per heavy atom. The molecule has 2 N–H and O–H groups in total. The summed E-state index contributed by atoms with van der Waals surface area (Å²) < 4.78 is 1.84. The summed E-state index contributed by atoms with van der Waals surface area (Å²) in [5.74, 6) is 0.727. The second-order valence-corrected chi connectivity index (χ2v) is 6.66. The van der Waals surface area contributed by atoms with Gasteiger partial charge in [-0.05, 0) is 49.9 Å². The van der Waals surface area contributed by atoms with Gasteiger partial charge in [0.25, 0.3) is 0 Å². The molecule has 1 aliphatic carbocycles. The van der Waals surface area contributed by atoms with Crippen LogP contribution in [-0.2, 0) is 12.8 Å². The zero-order valence-electron chi connectivity index (χ0n) is 12.0. The van der Waals surface area contributed by atoms with Gasteiger partial charge in [-0.25, -0.2) is 4.68 Å². The highest BCUT2D eigenvalue weighted by molar-refractivity contribution is 7.15. The molecule has 0 fully saturated rings. The maximum Gasteiger partial charge on any atom is 0.130 e. The summed E-state index contributed by atoms with van der Waals surface area (Å²) in [6, 6.07) is 12.4. The number of fused-ring (bicyclic) bond motifs is 1. The van der Waals surface area contributed by atoms with Crippen molar-refractivity contribution in [2.24, 2.45) is 0 Å². The van der Waals surface area contributed by atoms with Crippen molar-refractivity contribution in [1.29, 1.82) is 0 Å². The molecule has 1 aromatic carbocycles. The highest BCUT2D eigenvalue weighted by Gasteiger charge is 2.20. The molecule has 0 bridgehead atoms. The van der Waals surface area contributed by atoms with E-state index in [4.69, 9.17) is 10.8 Å². The molecule has 0 atom stereocenters. The van der Waals surface area contributed by atoms with Crippen LogP contribution in [0.3, 0.4) is 0 Å². The van der Waals surface area contributed by atoms with E-state index in [2.05, 4.69) is 13.0 Å². The number of hydrogen-bond acceptors (Lipinski definition) is 3. The third-order valence-corrected chi connectivity index (χ3v) is 5.39. The van der Waals surface area contributed by atoms with E-state index in [1.165, 1.54) is 34.6 Å². The van der Waals surface area contributed by atoms with E-state index >= 15 is 0 Å². The van der Waals surface area contributed by atoms with Crippen LogP contribution >= 0.6 is 11.3 Å². The predicted molar refractivity (Wildman–Crippen MR) is 88.1 cm³/mol. The van der Waals surface area contributed by atoms with Crippen molar-refractivity contribution in [2.45, 2.75) is 26.2 Å². The minimum Gasteiger partial charge on any atom is -0.383 e. The van der Waals surface area contributed by atoms with Gasteiger partial charge in [0.1, 0.15) is 11.5 Å². The van der Waals surface area contributed by atoms with E-state index < -0.39 is 0 Å². The smallest absolute Gasteiger partial charge is 0.130 e. The van der Waals surface area contributed by atoms with Gasteiger partial charge in [-0.1, -0.05) is 18.2 Å². The van der Waals surface area contributed by atoms with Crippen molar-refractivity contribution in [2.75, 3.05) is 5.73 Å². The maximum atomic E-state index is 6.27. The van der Waals surface area contributed by atoms with E-state index in [0.29, 0.717) is 0 Å². The van der Waals surface area contributed by atoms with Gasteiger partial charge in [0.15, 0.2) is 0 Å². The standard InChI is InChI=1S/C17H17N3S/c1-11-16(15-10-12-6-5-9-14(12)21-15)19-20(17(11)18)13-7-3-2-4-8-13/h2-4,7-8,10H,5-6,9,18H2,1H3. The van der Waals surface area contributed by atoms with Crippen molar-refractivity contribution in [3.63, 3.8) is 0 Å². The summed E-state index contributed by atoms with van der Waals surface area (Å²) in [7, 11) is 0. The fraction of sp³-hybridized carbons (Fsp3) is 0.235. The topological polar surface area (TPSA) is 43.8 Å². The summed E-state index contributed by atoms with van der Waals surface area (Å²) >= 11 is 1.88. The second kappa shape index (κ2) is 4.74. The van der Waals surface area contributed by atoms with Gasteiger partial charge < -0.3 is 5.73 Å². The van der Waals surface area contributed by atoms with E-state index in [1.54, 1.807) is 0 Å². The third kappa shape index (κ3) is 1.98. The van der Waals surface area contributed by atoms with Crippen LogP contribution in [0.15, 0.2) is 36.4 Å². The minimum atomic E-state index is 0.727. The maximum absolute atomic E-state index is 6.27. The van der Waals surface area contributed by atoms with Gasteiger partial charge in [-0.2, -0.15) is 5.10 Å². The summed E-state index contributed by atoms with van der Waals surface area (Å²) in [5, 5.41) is 4.76. The Kier molecular flexibility index (Phi) is 2.86. The molecule has 0 saturated carbocycles. The van der Waals surface area contributed by atoms with Crippen molar-refractivity contribution >= 4 is 17.2 Å². The molecule has 4 heteroatoms. The normalized spacial score (nSPS) is 13.6. The number of anilines is 1. The Morgan fingerprint density at radius 2 is 2.00 bits per heavy atom. The van der Waals surface area contributed by atoms with Gasteiger partial charge in [0.2, 0.25) is 0 Å². The molecule has 3 aromatic rings. The number of nitrogens with two attached hydrogens (primary N) is 1. The lowest BCUT2D eigenvalue weighted by Gasteiger charge is -2.02. The monoisotopic (exact) mass is 295 g/mol. The molecular weight excluding hydrogens is 278 g/mol. The van der Waals surface area contributed by atoms with E-state index in [9.17, 15) is 0 Å². The minimum absolute atomic E-state index is 0.727. The van der Waals surface area contributed by atoms with Crippen molar-refractivity contribution < 1.29 is 0 Å². The average molecular weight is 295 g/mol. The van der Waals surface area contributed by atoms with Crippen molar-refractivity contribution in [1.82, 2.24) is 9.78 Å². The number of nitrogen functional groups attached to an aromatic ring is 1. The van der Waals surface area contributed by atoms with Crippen molar-refractivity contribution in [3.8, 4) is 16.3 Å². The fourth-order valence-corrected chi connectivity index (χ4v) is 4.25. The van der Waals surface area contributed by atoms with Crippen LogP contribution in [0, 0.1) is 6.92 Å². The number of thiophene rings is 1. The Bertz CT molecular complexity index is 778. The Labute approximate surface area is 128 Å². The largest absolute Gasteiger partial charge is 0.383 e. The molecule has 21 heavy (non-hydrogen) atoms. The highest BCUT2D eigenvalue weighted by atomic mass is 32.1. The number of nitrogens with zero attached hydrogens (tertiary/aromatic N) is 2. The molecule has 1 aliphatic rings. The molecule has 0 amide bonds. The third-order valence-electron chi connectivity index (χ3n) is 4.15. The lowest BCUT2D eigenvalue weighted by molar-refractivity contribution is 0.895. The number of hydrogen-bond donors (Lipinski definition) is 1. The van der Waals surface area contributed by atoms with Gasteiger partial charge in [-0.15, -0.1) is 11.3 Å². The molecule has 2 heterocycles. The zero-order valence-corrected chi connectivity index (χ0v) is 12.8. The molecule has 2 aromatic heterocycles. The molecule has 4 rings (SSSR count). The number of benzene rings is 1. The van der Waals surface area contributed by atoms with Gasteiger partial charge >= 0.3 is 0 Å². The second-order valence-electron chi connectivity index (χ2n) is 5.52. The summed E-state index contributed by atoms with van der Waals surface area (Å²) in [4.78, 5) is 2.77. The lowest BCUT2D eigenvalue weighted by Crippen LogP contribution is -2.01. The van der Waals surface area contributed by atoms with Crippen LogP contribution < -0.4 is 5.73 Å². The first-order chi connectivity index (χ1) is 10.2. The first-order valence-corrected chi connectivity index (χ1v) is 8.08. The Morgan fingerprint density at radius 1 is 1.19 bits per heavy atom. The summed E-state index contributed by atoms with van der Waals surface area (Å²) in [6.45, 7) is 2.06. The first kappa shape index (κ1) is 12.7. The van der Waals surface area contributed by atoms with Crippen LogP contribution in [0.25, 0.3) is 16.3 Å². The molecule has 3 nitrogen and oxygen atoms in total. The predicted octanol–water partition coefficient (Wildman–Crippen LogP) is 3.98. The number of aromatic nitrogens is 2. The van der Waals surface area contributed by atoms with Crippen LogP contribution in [0.5, 0.6) is 0 Å². The Hall–Kier alpha value is -2.07. The average Bonchev–Trinajstić information content (AvgIpc) is 3.15. The molecular formula is C17H17N3S. The molecule has 106 valence electrons. The SMILES string of the molecule is Cc1c(-c2cc3c(s2)CCC3)nn(-c2ccccc2)c1N. The number of rotatable bonds is 2. The Balaban J connectivity index is 1.83. The lowest BCUT2D eigenvalue weighted by atomic mass is 10.2. The number of para-hydroxylation sites is 1. The van der Waals surface area contributed by atoms with E-state index in [-0.39, 0.29) is 0 Å². The van der Waals surface area contributed by atoms with Gasteiger partial charge in [0.05, 0.1) is 10.6 Å². The number of aryl methyl sites for hydroxylation is 2. The summed E-state index contributed by atoms with van der Waals surface area (Å²) in [5.41, 5.74) is 10.9. The summed E-state index contributed by atoms with van der Waals surface area (Å²) in [6.07, 6.45) is 3.72. The zero-order chi connectivity index (χ0) is 14.4. The molecule has 0 radical (unpaired) electrons. The van der Waals surface area contributed by atoms with E-state index in [0.717, 1.165) is 22.8 Å². The quantitative estimate of drug-likeness (QED) is 0.777. The fourth-order valence-electron chi connectivity index (χ4n) is 2.95. The van der Waals surface area contributed by atoms with Crippen molar-refractivity contribution in [3.05, 3.63) is 52.4 Å². The highest BCUT2D eigenvalue weighted by Crippen LogP contribution is 2.38. The molecule has 0 unspecified atom stereocenters. The van der Waals surface area contributed by atoms with Gasteiger partial charge in [-0.3, -0.25) is 0 Å². The molecule has 0 spiro atoms. The molecule has 0 saturated heterocycles. The van der Waals surface area contributed by atoms with Crippen LogP contribution in [-0.4, -0.2) is 9.78 Å². The van der Waals surface area contributed by atoms with Crippen LogP contribution in [0.4, 0.5) is 5.82 Å². The van der Waals surface area contributed by atoms with E-state index in [1.807, 2.05) is 46.4 Å². The first-order valence-electron chi connectivity index (χ1n) is 7.26. The van der Waals surface area contributed by atoms with Crippen LogP contribution in [0.1, 0.15) is 22.4 Å².